The van der Waals surface area contributed by atoms with Gasteiger partial charge in [0.2, 0.25) is 0 Å². The molecule has 0 fully saturated rings. The molecule has 2 aromatic carbocycles. The van der Waals surface area contributed by atoms with Gasteiger partial charge in [0, 0.05) is 0 Å². The van der Waals surface area contributed by atoms with Gasteiger partial charge in [0.1, 0.15) is 11.5 Å². The van der Waals surface area contributed by atoms with Crippen LogP contribution in [-0.2, 0) is 6.42 Å². The molecule has 0 radical (unpaired) electrons. The lowest BCUT2D eigenvalue weighted by molar-refractivity contribution is 0.0734. The molecular weight excluding hydrogens is 336 g/mol. The summed E-state index contributed by atoms with van der Waals surface area (Å²) in [4.78, 5) is 12.4. The summed E-state index contributed by atoms with van der Waals surface area (Å²) in [5.74, 6) is 1.06. The molecular formula is C24H32O3. The van der Waals surface area contributed by atoms with E-state index in [4.69, 9.17) is 9.47 Å². The fourth-order valence-electron chi connectivity index (χ4n) is 2.92. The van der Waals surface area contributed by atoms with Crippen molar-refractivity contribution in [2.24, 2.45) is 0 Å². The van der Waals surface area contributed by atoms with Crippen LogP contribution in [0.5, 0.6) is 11.5 Å². The molecule has 3 nitrogen and oxygen atoms in total. The van der Waals surface area contributed by atoms with Crippen molar-refractivity contribution >= 4 is 5.97 Å². The molecule has 0 saturated heterocycles. The molecule has 0 amide bonds. The van der Waals surface area contributed by atoms with Crippen molar-refractivity contribution in [3.05, 3.63) is 59.7 Å². The van der Waals surface area contributed by atoms with Crippen LogP contribution in [-0.4, -0.2) is 12.6 Å². The van der Waals surface area contributed by atoms with Crippen molar-refractivity contribution in [1.82, 2.24) is 0 Å². The smallest absolute Gasteiger partial charge is 0.343 e. The van der Waals surface area contributed by atoms with Crippen molar-refractivity contribution in [3.8, 4) is 11.5 Å². The molecule has 0 N–H and O–H groups in total. The number of aryl methyl sites for hydroxylation is 1. The second kappa shape index (κ2) is 12.2. The van der Waals surface area contributed by atoms with Crippen LogP contribution in [0.15, 0.2) is 48.5 Å². The third-order valence-corrected chi connectivity index (χ3v) is 4.53. The summed E-state index contributed by atoms with van der Waals surface area (Å²) in [5, 5.41) is 0. The van der Waals surface area contributed by atoms with Gasteiger partial charge in [-0.2, -0.15) is 0 Å². The summed E-state index contributed by atoms with van der Waals surface area (Å²) in [6.45, 7) is 5.11. The highest BCUT2D eigenvalue weighted by Crippen LogP contribution is 2.19. The van der Waals surface area contributed by atoms with E-state index in [1.165, 1.54) is 37.7 Å². The number of benzene rings is 2. The maximum absolute atomic E-state index is 12.4. The van der Waals surface area contributed by atoms with Crippen molar-refractivity contribution < 1.29 is 14.3 Å². The van der Waals surface area contributed by atoms with Gasteiger partial charge < -0.3 is 9.47 Å². The topological polar surface area (TPSA) is 35.5 Å². The first-order valence-corrected chi connectivity index (χ1v) is 10.3. The Morgan fingerprint density at radius 2 is 1.56 bits per heavy atom. The van der Waals surface area contributed by atoms with Crippen LogP contribution in [0.1, 0.15) is 74.7 Å². The molecule has 2 rings (SSSR count). The Balaban J connectivity index is 1.84. The molecule has 0 unspecified atom stereocenters. The summed E-state index contributed by atoms with van der Waals surface area (Å²) in [6, 6.07) is 15.0. The average molecular weight is 369 g/mol. The van der Waals surface area contributed by atoms with E-state index in [0.29, 0.717) is 17.9 Å². The summed E-state index contributed by atoms with van der Waals surface area (Å²) in [7, 11) is 0. The minimum absolute atomic E-state index is 0.338. The number of ether oxygens (including phenoxy) is 2. The van der Waals surface area contributed by atoms with Gasteiger partial charge in [0.15, 0.2) is 0 Å². The van der Waals surface area contributed by atoms with E-state index in [2.05, 4.69) is 19.9 Å². The van der Waals surface area contributed by atoms with Crippen LogP contribution in [0.2, 0.25) is 0 Å². The molecule has 0 atom stereocenters. The minimum Gasteiger partial charge on any atom is -0.494 e. The van der Waals surface area contributed by atoms with Gasteiger partial charge in [0.05, 0.1) is 12.2 Å². The van der Waals surface area contributed by atoms with E-state index < -0.39 is 0 Å². The maximum Gasteiger partial charge on any atom is 0.343 e. The standard InChI is InChI=1S/C24H32O3/c1-3-5-7-9-18-26-22-16-14-21(15-17-22)24(25)27-23-13-10-12-20(19-23)11-8-6-4-2/h10,12-17,19H,3-9,11,18H2,1-2H3. The summed E-state index contributed by atoms with van der Waals surface area (Å²) >= 11 is 0. The zero-order chi connectivity index (χ0) is 19.3. The third-order valence-electron chi connectivity index (χ3n) is 4.53. The first-order chi connectivity index (χ1) is 13.2. The van der Waals surface area contributed by atoms with Gasteiger partial charge >= 0.3 is 5.97 Å². The Kier molecular flexibility index (Phi) is 9.47. The second-order valence-corrected chi connectivity index (χ2v) is 6.93. The number of carbonyl (C=O) groups excluding carboxylic acids is 1. The second-order valence-electron chi connectivity index (χ2n) is 6.93. The highest BCUT2D eigenvalue weighted by atomic mass is 16.5. The number of unbranched alkanes of at least 4 members (excludes halogenated alkanes) is 5. The van der Waals surface area contributed by atoms with Crippen molar-refractivity contribution in [1.29, 1.82) is 0 Å². The number of rotatable bonds is 12. The molecule has 0 saturated carbocycles. The Labute approximate surface area is 163 Å². The lowest BCUT2D eigenvalue weighted by atomic mass is 10.1. The molecule has 0 spiro atoms. The minimum atomic E-state index is -0.338. The molecule has 0 heterocycles. The Bertz CT molecular complexity index is 676. The summed E-state index contributed by atoms with van der Waals surface area (Å²) < 4.78 is 11.2. The summed E-state index contributed by atoms with van der Waals surface area (Å²) in [5.41, 5.74) is 1.74. The molecule has 3 heteroatoms. The predicted molar refractivity (Wildman–Crippen MR) is 111 cm³/mol. The van der Waals surface area contributed by atoms with Crippen LogP contribution >= 0.6 is 0 Å². The highest BCUT2D eigenvalue weighted by molar-refractivity contribution is 5.91. The monoisotopic (exact) mass is 368 g/mol. The molecule has 27 heavy (non-hydrogen) atoms. The molecule has 0 aliphatic carbocycles. The zero-order valence-corrected chi connectivity index (χ0v) is 16.7. The lowest BCUT2D eigenvalue weighted by Gasteiger charge is -2.08. The fraction of sp³-hybridized carbons (Fsp3) is 0.458. The van der Waals surface area contributed by atoms with Gasteiger partial charge in [-0.3, -0.25) is 0 Å². The van der Waals surface area contributed by atoms with Crippen molar-refractivity contribution in [2.45, 2.75) is 65.2 Å². The Morgan fingerprint density at radius 3 is 2.30 bits per heavy atom. The van der Waals surface area contributed by atoms with E-state index in [9.17, 15) is 4.79 Å². The molecule has 146 valence electrons. The first-order valence-electron chi connectivity index (χ1n) is 10.3. The first kappa shape index (κ1) is 21.0. The van der Waals surface area contributed by atoms with Gasteiger partial charge in [-0.25, -0.2) is 4.79 Å². The van der Waals surface area contributed by atoms with E-state index in [1.54, 1.807) is 12.1 Å². The van der Waals surface area contributed by atoms with Gasteiger partial charge in [-0.05, 0) is 61.2 Å². The van der Waals surface area contributed by atoms with Gasteiger partial charge in [0.25, 0.3) is 0 Å². The molecule has 2 aromatic rings. The Hall–Kier alpha value is -2.29. The van der Waals surface area contributed by atoms with E-state index >= 15 is 0 Å². The van der Waals surface area contributed by atoms with E-state index in [0.717, 1.165) is 25.0 Å². The molecule has 0 aliphatic rings. The van der Waals surface area contributed by atoms with Crippen LogP contribution in [0.25, 0.3) is 0 Å². The summed E-state index contributed by atoms with van der Waals surface area (Å²) in [6.07, 6.45) is 9.32. The zero-order valence-electron chi connectivity index (χ0n) is 16.7. The fourth-order valence-corrected chi connectivity index (χ4v) is 2.92. The van der Waals surface area contributed by atoms with E-state index in [-0.39, 0.29) is 5.97 Å². The number of carbonyl (C=O) groups is 1. The van der Waals surface area contributed by atoms with Gasteiger partial charge in [-0.15, -0.1) is 0 Å². The largest absolute Gasteiger partial charge is 0.494 e. The highest BCUT2D eigenvalue weighted by Gasteiger charge is 2.09. The van der Waals surface area contributed by atoms with E-state index in [1.807, 2.05) is 30.3 Å². The van der Waals surface area contributed by atoms with Gasteiger partial charge in [-0.1, -0.05) is 58.1 Å². The predicted octanol–water partition coefficient (Wildman–Crippen LogP) is 6.60. The average Bonchev–Trinajstić information content (AvgIpc) is 2.69. The van der Waals surface area contributed by atoms with Crippen molar-refractivity contribution in [2.75, 3.05) is 6.61 Å². The van der Waals surface area contributed by atoms with Crippen LogP contribution in [0.4, 0.5) is 0 Å². The van der Waals surface area contributed by atoms with Crippen LogP contribution in [0.3, 0.4) is 0 Å². The quantitative estimate of drug-likeness (QED) is 0.240. The van der Waals surface area contributed by atoms with Crippen LogP contribution in [0, 0.1) is 0 Å². The maximum atomic E-state index is 12.4. The SMILES string of the molecule is CCCCCCOc1ccc(C(=O)Oc2cccc(CCCCC)c2)cc1. The number of hydrogen-bond donors (Lipinski definition) is 0. The number of hydrogen-bond acceptors (Lipinski definition) is 3. The Morgan fingerprint density at radius 1 is 0.815 bits per heavy atom. The normalized spacial score (nSPS) is 10.6. The molecule has 0 aromatic heterocycles. The van der Waals surface area contributed by atoms with Crippen LogP contribution < -0.4 is 9.47 Å². The lowest BCUT2D eigenvalue weighted by Crippen LogP contribution is -2.08. The third kappa shape index (κ3) is 7.86. The van der Waals surface area contributed by atoms with Crippen molar-refractivity contribution in [3.63, 3.8) is 0 Å². The molecule has 0 aliphatic heterocycles. The number of esters is 1. The molecule has 0 bridgehead atoms.